The van der Waals surface area contributed by atoms with Crippen molar-refractivity contribution in [3.8, 4) is 5.75 Å². The lowest BCUT2D eigenvalue weighted by Crippen LogP contribution is -1.83. The molecule has 0 amide bonds. The van der Waals surface area contributed by atoms with Gasteiger partial charge in [-0.25, -0.2) is 0 Å². The van der Waals surface area contributed by atoms with Gasteiger partial charge in [-0.2, -0.15) is 0 Å². The predicted octanol–water partition coefficient (Wildman–Crippen LogP) is 4.84. The zero-order chi connectivity index (χ0) is 13.1. The average molecular weight is 266 g/mol. The first-order valence-electron chi connectivity index (χ1n) is 6.21. The number of rotatable bonds is 3. The highest BCUT2D eigenvalue weighted by atomic mass is 32.2. The summed E-state index contributed by atoms with van der Waals surface area (Å²) in [6, 6.07) is 22.2. The first-order chi connectivity index (χ1) is 9.33. The molecule has 0 aliphatic carbocycles. The average Bonchev–Trinajstić information content (AvgIpc) is 2.47. The minimum absolute atomic E-state index is 0.314. The van der Waals surface area contributed by atoms with E-state index >= 15 is 0 Å². The van der Waals surface area contributed by atoms with Crippen molar-refractivity contribution in [2.24, 2.45) is 0 Å². The molecule has 0 spiro atoms. The highest BCUT2D eigenvalue weighted by Crippen LogP contribution is 2.28. The molecular formula is C17H14OS. The van der Waals surface area contributed by atoms with Gasteiger partial charge in [0.05, 0.1) is 0 Å². The normalized spacial score (nSPS) is 10.7. The number of hydrogen-bond donors (Lipinski definition) is 1. The second-order valence-corrected chi connectivity index (χ2v) is 5.47. The van der Waals surface area contributed by atoms with Crippen LogP contribution in [0.5, 0.6) is 5.75 Å². The first kappa shape index (κ1) is 12.1. The van der Waals surface area contributed by atoms with Gasteiger partial charge in [0.1, 0.15) is 5.75 Å². The minimum Gasteiger partial charge on any atom is -0.508 e. The summed E-state index contributed by atoms with van der Waals surface area (Å²) in [5.41, 5.74) is 1.34. The van der Waals surface area contributed by atoms with Crippen LogP contribution in [0.2, 0.25) is 0 Å². The van der Waals surface area contributed by atoms with E-state index in [4.69, 9.17) is 0 Å². The lowest BCUT2D eigenvalue weighted by atomic mass is 10.1. The van der Waals surface area contributed by atoms with E-state index in [-0.39, 0.29) is 0 Å². The number of fused-ring (bicyclic) bond motifs is 1. The summed E-state index contributed by atoms with van der Waals surface area (Å²) < 4.78 is 0. The van der Waals surface area contributed by atoms with Crippen LogP contribution in [0.4, 0.5) is 0 Å². The monoisotopic (exact) mass is 266 g/mol. The van der Waals surface area contributed by atoms with E-state index < -0.39 is 0 Å². The van der Waals surface area contributed by atoms with Gasteiger partial charge in [0.25, 0.3) is 0 Å². The van der Waals surface area contributed by atoms with Crippen molar-refractivity contribution in [1.82, 2.24) is 0 Å². The van der Waals surface area contributed by atoms with Crippen LogP contribution >= 0.6 is 11.8 Å². The Morgan fingerprint density at radius 2 is 1.53 bits per heavy atom. The quantitative estimate of drug-likeness (QED) is 0.685. The van der Waals surface area contributed by atoms with Crippen LogP contribution in [0, 0.1) is 0 Å². The van der Waals surface area contributed by atoms with Gasteiger partial charge in [0, 0.05) is 10.6 Å². The second-order valence-electron chi connectivity index (χ2n) is 4.42. The van der Waals surface area contributed by atoms with Crippen LogP contribution in [0.1, 0.15) is 5.56 Å². The van der Waals surface area contributed by atoms with Crippen molar-refractivity contribution in [3.63, 3.8) is 0 Å². The van der Waals surface area contributed by atoms with E-state index in [2.05, 4.69) is 42.5 Å². The Morgan fingerprint density at radius 1 is 0.789 bits per heavy atom. The second kappa shape index (κ2) is 5.37. The van der Waals surface area contributed by atoms with Crippen molar-refractivity contribution >= 4 is 22.5 Å². The Balaban J connectivity index is 1.84. The molecule has 0 bridgehead atoms. The largest absolute Gasteiger partial charge is 0.508 e. The summed E-state index contributed by atoms with van der Waals surface area (Å²) in [5, 5.41) is 11.9. The fraction of sp³-hybridized carbons (Fsp3) is 0.0588. The van der Waals surface area contributed by atoms with E-state index in [1.54, 1.807) is 23.9 Å². The van der Waals surface area contributed by atoms with Crippen molar-refractivity contribution in [1.29, 1.82) is 0 Å². The number of phenols is 1. The van der Waals surface area contributed by atoms with Crippen LogP contribution in [0.25, 0.3) is 10.8 Å². The summed E-state index contributed by atoms with van der Waals surface area (Å²) in [6.45, 7) is 0. The summed E-state index contributed by atoms with van der Waals surface area (Å²) in [4.78, 5) is 1.17. The van der Waals surface area contributed by atoms with E-state index in [0.717, 1.165) is 5.75 Å². The zero-order valence-corrected chi connectivity index (χ0v) is 11.2. The molecule has 94 valence electrons. The predicted molar refractivity (Wildman–Crippen MR) is 81.6 cm³/mol. The Morgan fingerprint density at radius 3 is 2.37 bits per heavy atom. The third-order valence-corrected chi connectivity index (χ3v) is 4.17. The molecule has 3 aromatic rings. The van der Waals surface area contributed by atoms with Crippen molar-refractivity contribution in [2.75, 3.05) is 0 Å². The highest BCUT2D eigenvalue weighted by Gasteiger charge is 2.01. The Bertz CT molecular complexity index is 684. The SMILES string of the molecule is Oc1ccc(SCc2cccc3ccccc23)cc1. The molecule has 0 heterocycles. The maximum absolute atomic E-state index is 9.27. The van der Waals surface area contributed by atoms with Gasteiger partial charge in [-0.3, -0.25) is 0 Å². The minimum atomic E-state index is 0.314. The molecule has 0 radical (unpaired) electrons. The maximum Gasteiger partial charge on any atom is 0.115 e. The van der Waals surface area contributed by atoms with Gasteiger partial charge in [-0.1, -0.05) is 42.5 Å². The Kier molecular flexibility index (Phi) is 3.43. The highest BCUT2D eigenvalue weighted by molar-refractivity contribution is 7.98. The van der Waals surface area contributed by atoms with Gasteiger partial charge in [-0.15, -0.1) is 11.8 Å². The van der Waals surface area contributed by atoms with Gasteiger partial charge in [0.15, 0.2) is 0 Å². The number of benzene rings is 3. The summed E-state index contributed by atoms with van der Waals surface area (Å²) in [7, 11) is 0. The topological polar surface area (TPSA) is 20.2 Å². The molecule has 3 aromatic carbocycles. The third-order valence-electron chi connectivity index (χ3n) is 3.11. The van der Waals surface area contributed by atoms with Crippen LogP contribution in [-0.4, -0.2) is 5.11 Å². The fourth-order valence-corrected chi connectivity index (χ4v) is 3.02. The summed E-state index contributed by atoms with van der Waals surface area (Å²) >= 11 is 1.79. The van der Waals surface area contributed by atoms with Crippen LogP contribution in [0.15, 0.2) is 71.6 Å². The van der Waals surface area contributed by atoms with E-state index in [9.17, 15) is 5.11 Å². The maximum atomic E-state index is 9.27. The Hall–Kier alpha value is -1.93. The van der Waals surface area contributed by atoms with Crippen molar-refractivity contribution in [2.45, 2.75) is 10.6 Å². The Labute approximate surface area is 116 Å². The summed E-state index contributed by atoms with van der Waals surface area (Å²) in [5.74, 6) is 1.25. The molecule has 0 aliphatic heterocycles. The van der Waals surface area contributed by atoms with Crippen LogP contribution < -0.4 is 0 Å². The number of phenolic OH excluding ortho intramolecular Hbond substituents is 1. The first-order valence-corrected chi connectivity index (χ1v) is 7.20. The summed E-state index contributed by atoms with van der Waals surface area (Å²) in [6.07, 6.45) is 0. The zero-order valence-electron chi connectivity index (χ0n) is 10.4. The van der Waals surface area contributed by atoms with E-state index in [0.29, 0.717) is 5.75 Å². The lowest BCUT2D eigenvalue weighted by Gasteiger charge is -2.06. The smallest absolute Gasteiger partial charge is 0.115 e. The molecule has 0 fully saturated rings. The number of aromatic hydroxyl groups is 1. The lowest BCUT2D eigenvalue weighted by molar-refractivity contribution is 0.475. The third kappa shape index (κ3) is 2.74. The van der Waals surface area contributed by atoms with Gasteiger partial charge in [0.2, 0.25) is 0 Å². The molecule has 0 unspecified atom stereocenters. The molecule has 0 aromatic heterocycles. The standard InChI is InChI=1S/C17H14OS/c18-15-8-10-16(11-9-15)19-12-14-6-3-5-13-4-1-2-7-17(13)14/h1-11,18H,12H2. The van der Waals surface area contributed by atoms with Gasteiger partial charge in [-0.05, 0) is 40.6 Å². The van der Waals surface area contributed by atoms with E-state index in [1.165, 1.54) is 21.2 Å². The van der Waals surface area contributed by atoms with Crippen LogP contribution in [-0.2, 0) is 5.75 Å². The molecule has 1 N–H and O–H groups in total. The molecule has 1 nitrogen and oxygen atoms in total. The fourth-order valence-electron chi connectivity index (χ4n) is 2.12. The van der Waals surface area contributed by atoms with Gasteiger partial charge >= 0.3 is 0 Å². The molecule has 0 saturated heterocycles. The molecular weight excluding hydrogens is 252 g/mol. The van der Waals surface area contributed by atoms with Gasteiger partial charge < -0.3 is 5.11 Å². The molecule has 3 rings (SSSR count). The number of hydrogen-bond acceptors (Lipinski definition) is 2. The molecule has 0 atom stereocenters. The molecule has 0 aliphatic rings. The van der Waals surface area contributed by atoms with Crippen molar-refractivity contribution in [3.05, 3.63) is 72.3 Å². The molecule has 0 saturated carbocycles. The number of thioether (sulfide) groups is 1. The van der Waals surface area contributed by atoms with E-state index in [1.807, 2.05) is 12.1 Å². The molecule has 2 heteroatoms. The molecule has 19 heavy (non-hydrogen) atoms. The van der Waals surface area contributed by atoms with Crippen molar-refractivity contribution < 1.29 is 5.11 Å². The van der Waals surface area contributed by atoms with Crippen LogP contribution in [0.3, 0.4) is 0 Å².